The van der Waals surface area contributed by atoms with E-state index in [1.807, 2.05) is 10.7 Å². The number of nitrogens with zero attached hydrogens (tertiary/aromatic N) is 5. The van der Waals surface area contributed by atoms with Gasteiger partial charge >= 0.3 is 0 Å². The number of H-pyrrole nitrogens is 1. The molecule has 0 spiro atoms. The van der Waals surface area contributed by atoms with Gasteiger partial charge in [0, 0.05) is 23.7 Å². The molecule has 1 aliphatic rings. The smallest absolute Gasteiger partial charge is 0.252 e. The van der Waals surface area contributed by atoms with Gasteiger partial charge < -0.3 is 4.98 Å². The molecule has 0 bridgehead atoms. The Labute approximate surface area is 196 Å². The van der Waals surface area contributed by atoms with Crippen LogP contribution in [0.4, 0.5) is 0 Å². The third kappa shape index (κ3) is 4.88. The van der Waals surface area contributed by atoms with Gasteiger partial charge in [-0.1, -0.05) is 39.7 Å². The molecule has 1 saturated carbocycles. The van der Waals surface area contributed by atoms with E-state index in [0.29, 0.717) is 18.5 Å². The number of nitrogens with one attached hydrogen (secondary N) is 1. The van der Waals surface area contributed by atoms with Crippen molar-refractivity contribution < 1.29 is 0 Å². The third-order valence-corrected chi connectivity index (χ3v) is 6.92. The molecular weight excluding hydrogens is 412 g/mol. The topological polar surface area (TPSA) is 79.7 Å². The maximum absolute atomic E-state index is 13.1. The molecule has 1 fully saturated rings. The second-order valence-electron chi connectivity index (χ2n) is 10.8. The minimum absolute atomic E-state index is 0.00679. The molecule has 1 atom stereocenters. The van der Waals surface area contributed by atoms with Crippen molar-refractivity contribution in [2.24, 2.45) is 5.92 Å². The van der Waals surface area contributed by atoms with E-state index in [0.717, 1.165) is 41.6 Å². The van der Waals surface area contributed by atoms with Crippen molar-refractivity contribution in [3.8, 4) is 0 Å². The molecule has 1 aliphatic carbocycles. The van der Waals surface area contributed by atoms with E-state index in [4.69, 9.17) is 0 Å². The Hall–Kier alpha value is -2.54. The predicted molar refractivity (Wildman–Crippen MR) is 132 cm³/mol. The summed E-state index contributed by atoms with van der Waals surface area (Å²) in [6.07, 6.45) is 5.72. The van der Waals surface area contributed by atoms with Crippen LogP contribution in [-0.2, 0) is 18.5 Å². The Morgan fingerprint density at radius 1 is 1.18 bits per heavy atom. The van der Waals surface area contributed by atoms with Gasteiger partial charge in [0.1, 0.15) is 0 Å². The van der Waals surface area contributed by atoms with Gasteiger partial charge in [0.25, 0.3) is 5.56 Å². The second-order valence-corrected chi connectivity index (χ2v) is 10.8. The van der Waals surface area contributed by atoms with Crippen LogP contribution in [0, 0.1) is 5.92 Å². The first-order valence-electron chi connectivity index (χ1n) is 12.4. The summed E-state index contributed by atoms with van der Waals surface area (Å²) < 4.78 is 1.96. The number of benzene rings is 1. The number of rotatable bonds is 7. The molecule has 0 aliphatic heterocycles. The van der Waals surface area contributed by atoms with E-state index in [-0.39, 0.29) is 17.1 Å². The normalized spacial score (nSPS) is 16.4. The number of hydrogen-bond donors (Lipinski definition) is 1. The molecule has 3 aromatic rings. The van der Waals surface area contributed by atoms with Crippen LogP contribution in [0.1, 0.15) is 90.2 Å². The number of fused-ring (bicyclic) bond motifs is 1. The van der Waals surface area contributed by atoms with Crippen molar-refractivity contribution in [3.63, 3.8) is 0 Å². The summed E-state index contributed by atoms with van der Waals surface area (Å²) in [5.41, 5.74) is 2.75. The van der Waals surface area contributed by atoms with Crippen LogP contribution >= 0.6 is 0 Å². The number of aromatic amines is 1. The van der Waals surface area contributed by atoms with Gasteiger partial charge in [-0.3, -0.25) is 9.69 Å². The van der Waals surface area contributed by atoms with Crippen LogP contribution in [0.15, 0.2) is 29.1 Å². The molecule has 0 saturated heterocycles. The van der Waals surface area contributed by atoms with Gasteiger partial charge in [-0.15, -0.1) is 5.10 Å². The van der Waals surface area contributed by atoms with Crippen molar-refractivity contribution in [2.45, 2.75) is 97.8 Å². The Morgan fingerprint density at radius 3 is 2.55 bits per heavy atom. The third-order valence-electron chi connectivity index (χ3n) is 6.92. The highest BCUT2D eigenvalue weighted by molar-refractivity contribution is 5.79. The maximum Gasteiger partial charge on any atom is 0.252 e. The Morgan fingerprint density at radius 2 is 1.91 bits per heavy atom. The lowest BCUT2D eigenvalue weighted by molar-refractivity contribution is 0.0802. The van der Waals surface area contributed by atoms with E-state index in [1.165, 1.54) is 18.4 Å². The van der Waals surface area contributed by atoms with E-state index in [1.54, 1.807) is 0 Å². The summed E-state index contributed by atoms with van der Waals surface area (Å²) in [7, 11) is 0. The molecule has 0 amide bonds. The lowest BCUT2D eigenvalue weighted by Gasteiger charge is -2.39. The second kappa shape index (κ2) is 9.37. The Kier molecular flexibility index (Phi) is 6.71. The van der Waals surface area contributed by atoms with Crippen molar-refractivity contribution in [1.82, 2.24) is 30.1 Å². The number of aromatic nitrogens is 5. The standard InChI is InChI=1S/C26H38N6O/c1-7-18-12-13-22-19(14-18)15-20(25(33)27-22)16-31(21-10-8-9-11-21)23(17(2)3)24-28-29-30-32(24)26(4,5)6/h12-15,17,21,23H,7-11,16H2,1-6H3,(H,27,33)/t23-/m1/s1. The lowest BCUT2D eigenvalue weighted by Crippen LogP contribution is -2.42. The minimum Gasteiger partial charge on any atom is -0.322 e. The molecule has 0 radical (unpaired) electrons. The number of aryl methyl sites for hydroxylation is 1. The molecule has 1 N–H and O–H groups in total. The molecule has 2 aromatic heterocycles. The SMILES string of the molecule is CCc1ccc2[nH]c(=O)c(CN(C3CCCC3)[C@@H](c3nnnn3C(C)(C)C)C(C)C)cc2c1. The fourth-order valence-corrected chi connectivity index (χ4v) is 5.21. The molecule has 4 rings (SSSR count). The number of hydrogen-bond acceptors (Lipinski definition) is 5. The molecule has 0 unspecified atom stereocenters. The van der Waals surface area contributed by atoms with Crippen molar-refractivity contribution >= 4 is 10.9 Å². The van der Waals surface area contributed by atoms with Crippen LogP contribution in [0.2, 0.25) is 0 Å². The van der Waals surface area contributed by atoms with Crippen LogP contribution in [0.5, 0.6) is 0 Å². The van der Waals surface area contributed by atoms with Gasteiger partial charge in [-0.2, -0.15) is 0 Å². The highest BCUT2D eigenvalue weighted by Gasteiger charge is 2.37. The summed E-state index contributed by atoms with van der Waals surface area (Å²) in [5, 5.41) is 14.0. The average molecular weight is 451 g/mol. The quantitative estimate of drug-likeness (QED) is 0.549. The number of tetrazole rings is 1. The molecule has 33 heavy (non-hydrogen) atoms. The molecule has 178 valence electrons. The van der Waals surface area contributed by atoms with Crippen LogP contribution in [0.3, 0.4) is 0 Å². The summed E-state index contributed by atoms with van der Waals surface area (Å²) in [4.78, 5) is 18.7. The molecule has 7 nitrogen and oxygen atoms in total. The first kappa shape index (κ1) is 23.6. The van der Waals surface area contributed by atoms with Crippen LogP contribution in [-0.4, -0.2) is 36.1 Å². The summed E-state index contributed by atoms with van der Waals surface area (Å²) in [5.74, 6) is 1.18. The lowest BCUT2D eigenvalue weighted by atomic mass is 9.96. The first-order chi connectivity index (χ1) is 15.7. The van der Waals surface area contributed by atoms with Gasteiger partial charge in [0.2, 0.25) is 0 Å². The zero-order valence-corrected chi connectivity index (χ0v) is 20.9. The first-order valence-corrected chi connectivity index (χ1v) is 12.4. The van der Waals surface area contributed by atoms with Gasteiger partial charge in [-0.05, 0) is 85.5 Å². The fourth-order valence-electron chi connectivity index (χ4n) is 5.21. The van der Waals surface area contributed by atoms with E-state index in [9.17, 15) is 4.79 Å². The minimum atomic E-state index is -0.218. The van der Waals surface area contributed by atoms with E-state index >= 15 is 0 Å². The predicted octanol–water partition coefficient (Wildman–Crippen LogP) is 4.97. The van der Waals surface area contributed by atoms with E-state index < -0.39 is 0 Å². The molecule has 7 heteroatoms. The zero-order chi connectivity index (χ0) is 23.8. The fraction of sp³-hybridized carbons (Fsp3) is 0.615. The molecule has 2 heterocycles. The van der Waals surface area contributed by atoms with Gasteiger partial charge in [-0.25, -0.2) is 4.68 Å². The summed E-state index contributed by atoms with van der Waals surface area (Å²) in [6.45, 7) is 13.6. The van der Waals surface area contributed by atoms with Crippen molar-refractivity contribution in [1.29, 1.82) is 0 Å². The number of pyridine rings is 1. The van der Waals surface area contributed by atoms with E-state index in [2.05, 4.69) is 85.2 Å². The van der Waals surface area contributed by atoms with Gasteiger partial charge in [0.05, 0.1) is 11.6 Å². The monoisotopic (exact) mass is 450 g/mol. The maximum atomic E-state index is 13.1. The highest BCUT2D eigenvalue weighted by Crippen LogP contribution is 2.37. The van der Waals surface area contributed by atoms with Crippen LogP contribution < -0.4 is 5.56 Å². The van der Waals surface area contributed by atoms with Gasteiger partial charge in [0.15, 0.2) is 5.82 Å². The molecular formula is C26H38N6O. The molecule has 1 aromatic carbocycles. The Balaban J connectivity index is 1.79. The largest absolute Gasteiger partial charge is 0.322 e. The zero-order valence-electron chi connectivity index (χ0n) is 20.9. The van der Waals surface area contributed by atoms with Crippen LogP contribution in [0.25, 0.3) is 10.9 Å². The van der Waals surface area contributed by atoms with Crippen molar-refractivity contribution in [2.75, 3.05) is 0 Å². The highest BCUT2D eigenvalue weighted by atomic mass is 16.1. The summed E-state index contributed by atoms with van der Waals surface area (Å²) >= 11 is 0. The van der Waals surface area contributed by atoms with Crippen molar-refractivity contribution in [3.05, 3.63) is 51.6 Å². The average Bonchev–Trinajstić information content (AvgIpc) is 3.45. The Bertz CT molecular complexity index is 1150. The summed E-state index contributed by atoms with van der Waals surface area (Å²) in [6, 6.07) is 8.82.